The topological polar surface area (TPSA) is 76.0 Å². The van der Waals surface area contributed by atoms with E-state index in [9.17, 15) is 13.6 Å². The molecule has 0 fully saturated rings. The molecule has 0 saturated heterocycles. The van der Waals surface area contributed by atoms with Crippen LogP contribution in [0, 0.1) is 11.6 Å². The van der Waals surface area contributed by atoms with Gasteiger partial charge < -0.3 is 0 Å². The first kappa shape index (κ1) is 15.8. The van der Waals surface area contributed by atoms with Gasteiger partial charge in [-0.2, -0.15) is 4.40 Å². The monoisotopic (exact) mass is 353 g/mol. The van der Waals surface area contributed by atoms with E-state index in [0.29, 0.717) is 17.2 Å². The normalized spacial score (nSPS) is 10.8. The number of benzene rings is 1. The molecular weight excluding hydrogens is 340 g/mol. The van der Waals surface area contributed by atoms with Crippen LogP contribution in [0.15, 0.2) is 61.2 Å². The van der Waals surface area contributed by atoms with Crippen molar-refractivity contribution in [3.8, 4) is 11.4 Å². The molecular formula is C18H13F2N5O+2. The third-order valence-electron chi connectivity index (χ3n) is 3.87. The first-order valence-corrected chi connectivity index (χ1v) is 7.75. The van der Waals surface area contributed by atoms with Crippen molar-refractivity contribution in [2.45, 2.75) is 0 Å². The number of aromatic amines is 2. The third-order valence-corrected chi connectivity index (χ3v) is 3.87. The molecule has 4 rings (SSSR count). The highest BCUT2D eigenvalue weighted by Gasteiger charge is 2.27. The zero-order valence-corrected chi connectivity index (χ0v) is 13.3. The highest BCUT2D eigenvalue weighted by Crippen LogP contribution is 2.22. The first-order chi connectivity index (χ1) is 12.6. The van der Waals surface area contributed by atoms with Crippen LogP contribution >= 0.6 is 0 Å². The zero-order valence-electron chi connectivity index (χ0n) is 13.3. The lowest BCUT2D eigenvalue weighted by Crippen LogP contribution is -2.22. The number of imidazole rings is 1. The lowest BCUT2D eigenvalue weighted by atomic mass is 10.2. The van der Waals surface area contributed by atoms with Crippen LogP contribution in [0.1, 0.15) is 10.5 Å². The molecule has 0 saturated carbocycles. The summed E-state index contributed by atoms with van der Waals surface area (Å²) in [6, 6.07) is 10.1. The average molecular weight is 353 g/mol. The minimum Gasteiger partial charge on any atom is -0.282 e. The molecule has 8 heteroatoms. The zero-order chi connectivity index (χ0) is 18.1. The Hall–Kier alpha value is -3.68. The van der Waals surface area contributed by atoms with Gasteiger partial charge in [-0.25, -0.2) is 13.8 Å². The van der Waals surface area contributed by atoms with E-state index in [2.05, 4.69) is 20.3 Å². The molecule has 3 heterocycles. The molecule has 1 amide bonds. The number of amides is 1. The number of aromatic nitrogens is 4. The molecule has 4 aromatic rings. The van der Waals surface area contributed by atoms with Gasteiger partial charge in [-0.3, -0.25) is 15.1 Å². The summed E-state index contributed by atoms with van der Waals surface area (Å²) in [6.07, 6.45) is 4.76. The minimum absolute atomic E-state index is 0.152. The van der Waals surface area contributed by atoms with E-state index in [4.69, 9.17) is 0 Å². The molecule has 128 valence electrons. The summed E-state index contributed by atoms with van der Waals surface area (Å²) in [5.74, 6) is -1.13. The minimum atomic E-state index is -0.725. The number of rotatable bonds is 3. The van der Waals surface area contributed by atoms with Crippen molar-refractivity contribution in [1.82, 2.24) is 9.97 Å². The maximum absolute atomic E-state index is 14.2. The van der Waals surface area contributed by atoms with Gasteiger partial charge in [0.25, 0.3) is 18.0 Å². The van der Waals surface area contributed by atoms with Gasteiger partial charge in [0, 0.05) is 12.1 Å². The molecule has 0 bridgehead atoms. The molecule has 0 aliphatic carbocycles. The van der Waals surface area contributed by atoms with E-state index in [0.717, 1.165) is 6.07 Å². The van der Waals surface area contributed by atoms with Crippen molar-refractivity contribution in [2.24, 2.45) is 0 Å². The number of nitrogens with one attached hydrogen (secondary N) is 3. The van der Waals surface area contributed by atoms with E-state index < -0.39 is 17.5 Å². The number of carbonyl (C=O) groups excluding carboxylic acids is 1. The molecule has 3 aromatic heterocycles. The lowest BCUT2D eigenvalue weighted by molar-refractivity contribution is -0.498. The second-order valence-corrected chi connectivity index (χ2v) is 5.53. The van der Waals surface area contributed by atoms with Crippen LogP contribution in [0.4, 0.5) is 14.6 Å². The van der Waals surface area contributed by atoms with Crippen LogP contribution in [0.2, 0.25) is 0 Å². The van der Waals surface area contributed by atoms with Crippen LogP contribution in [0.5, 0.6) is 0 Å². The Labute approximate surface area is 146 Å². The molecule has 0 atom stereocenters. The number of pyridine rings is 1. The van der Waals surface area contributed by atoms with Crippen molar-refractivity contribution in [2.75, 3.05) is 5.32 Å². The van der Waals surface area contributed by atoms with Gasteiger partial charge in [0.1, 0.15) is 17.2 Å². The summed E-state index contributed by atoms with van der Waals surface area (Å²) in [5.41, 5.74) is 0.935. The Morgan fingerprint density at radius 2 is 2.08 bits per heavy atom. The van der Waals surface area contributed by atoms with Gasteiger partial charge in [0.05, 0.1) is 12.4 Å². The smallest absolute Gasteiger partial charge is 0.282 e. The Morgan fingerprint density at radius 1 is 1.19 bits per heavy atom. The van der Waals surface area contributed by atoms with Crippen molar-refractivity contribution < 1.29 is 23.0 Å². The van der Waals surface area contributed by atoms with E-state index in [1.165, 1.54) is 18.5 Å². The summed E-state index contributed by atoms with van der Waals surface area (Å²) in [6.45, 7) is 0. The fourth-order valence-electron chi connectivity index (χ4n) is 2.71. The summed E-state index contributed by atoms with van der Waals surface area (Å²) in [5, 5.41) is 2.67. The Kier molecular flexibility index (Phi) is 3.85. The highest BCUT2D eigenvalue weighted by molar-refractivity contribution is 6.06. The number of fused-ring (bicyclic) bond motifs is 1. The van der Waals surface area contributed by atoms with Gasteiger partial charge in [0.15, 0.2) is 5.52 Å². The van der Waals surface area contributed by atoms with Crippen LogP contribution in [0.3, 0.4) is 0 Å². The molecule has 0 aliphatic heterocycles. The molecule has 0 spiro atoms. The van der Waals surface area contributed by atoms with Crippen LogP contribution in [0.25, 0.3) is 16.9 Å². The SMILES string of the molecule is O=C(Nc1cc[nH+]cn1)c1[nH]c(-c2ccc(F)cc2F)[n+]2ccccc12. The molecule has 0 unspecified atom stereocenters. The number of halogens is 2. The lowest BCUT2D eigenvalue weighted by Gasteiger charge is -1.97. The molecule has 0 aliphatic rings. The predicted octanol–water partition coefficient (Wildman–Crippen LogP) is 2.16. The molecule has 6 nitrogen and oxygen atoms in total. The van der Waals surface area contributed by atoms with Gasteiger partial charge in [-0.05, 0) is 29.2 Å². The van der Waals surface area contributed by atoms with E-state index >= 15 is 0 Å². The third kappa shape index (κ3) is 2.77. The maximum Gasteiger partial charge on any atom is 0.302 e. The largest absolute Gasteiger partial charge is 0.302 e. The standard InChI is InChI=1S/C18H11F2N5O/c19-11-4-5-12(13(20)9-11)17-24-16(14-3-1-2-8-25(14)17)18(26)23-15-6-7-21-10-22-15/h1-10H,(H,21,22,23,26)/p+2. The molecule has 0 radical (unpaired) electrons. The van der Waals surface area contributed by atoms with Gasteiger partial charge in [-0.1, -0.05) is 6.07 Å². The fourth-order valence-corrected chi connectivity index (χ4v) is 2.71. The molecule has 1 aromatic carbocycles. The van der Waals surface area contributed by atoms with Crippen molar-refractivity contribution in [3.63, 3.8) is 0 Å². The van der Waals surface area contributed by atoms with Crippen LogP contribution < -0.4 is 14.7 Å². The predicted molar refractivity (Wildman–Crippen MR) is 88.1 cm³/mol. The number of nitrogens with zero attached hydrogens (tertiary/aromatic N) is 2. The fraction of sp³-hybridized carbons (Fsp3) is 0. The van der Waals surface area contributed by atoms with E-state index in [1.54, 1.807) is 41.1 Å². The average Bonchev–Trinajstić information content (AvgIpc) is 3.02. The Balaban J connectivity index is 1.83. The molecule has 3 N–H and O–H groups in total. The number of hydrogen-bond acceptors (Lipinski definition) is 2. The second kappa shape index (κ2) is 6.32. The van der Waals surface area contributed by atoms with Crippen molar-refractivity contribution in [1.29, 1.82) is 0 Å². The Morgan fingerprint density at radius 3 is 2.85 bits per heavy atom. The second-order valence-electron chi connectivity index (χ2n) is 5.53. The van der Waals surface area contributed by atoms with E-state index in [1.807, 2.05) is 0 Å². The number of anilines is 1. The van der Waals surface area contributed by atoms with Crippen molar-refractivity contribution in [3.05, 3.63) is 78.5 Å². The summed E-state index contributed by atoms with van der Waals surface area (Å²) >= 11 is 0. The molecule has 26 heavy (non-hydrogen) atoms. The number of hydrogen-bond donors (Lipinski definition) is 2. The van der Waals surface area contributed by atoms with Crippen LogP contribution in [-0.2, 0) is 0 Å². The maximum atomic E-state index is 14.2. The summed E-state index contributed by atoms with van der Waals surface area (Å²) in [7, 11) is 0. The van der Waals surface area contributed by atoms with E-state index in [-0.39, 0.29) is 11.3 Å². The Bertz CT molecular complexity index is 1110. The summed E-state index contributed by atoms with van der Waals surface area (Å²) < 4.78 is 29.1. The number of carbonyl (C=O) groups is 1. The van der Waals surface area contributed by atoms with Gasteiger partial charge in [-0.15, -0.1) is 0 Å². The summed E-state index contributed by atoms with van der Waals surface area (Å²) in [4.78, 5) is 22.4. The first-order valence-electron chi connectivity index (χ1n) is 7.75. The van der Waals surface area contributed by atoms with Gasteiger partial charge >= 0.3 is 5.91 Å². The van der Waals surface area contributed by atoms with Gasteiger partial charge in [0.2, 0.25) is 5.69 Å². The highest BCUT2D eigenvalue weighted by atomic mass is 19.1. The van der Waals surface area contributed by atoms with Crippen molar-refractivity contribution >= 4 is 17.2 Å². The van der Waals surface area contributed by atoms with Crippen LogP contribution in [-0.4, -0.2) is 15.9 Å². The quantitative estimate of drug-likeness (QED) is 0.554. The number of H-pyrrole nitrogens is 2.